The van der Waals surface area contributed by atoms with E-state index in [1.54, 1.807) is 7.11 Å². The molecule has 0 atom stereocenters. The first-order valence-electron chi connectivity index (χ1n) is 5.42. The van der Waals surface area contributed by atoms with Crippen LogP contribution in [-0.4, -0.2) is 49.3 Å². The Morgan fingerprint density at radius 2 is 2.31 bits per heavy atom. The van der Waals surface area contributed by atoms with Crippen LogP contribution < -0.4 is 0 Å². The van der Waals surface area contributed by atoms with Crippen LogP contribution in [0.25, 0.3) is 0 Å². The van der Waals surface area contributed by atoms with Crippen molar-refractivity contribution in [1.29, 1.82) is 5.26 Å². The fraction of sp³-hybridized carbons (Fsp3) is 0.818. The molecule has 16 heavy (non-hydrogen) atoms. The highest BCUT2D eigenvalue weighted by atomic mass is 16.5. The summed E-state index contributed by atoms with van der Waals surface area (Å²) >= 11 is 0. The molecule has 0 radical (unpaired) electrons. The molecule has 5 heteroatoms. The molecule has 0 bridgehead atoms. The normalized spacial score (nSPS) is 17.1. The Labute approximate surface area is 95.6 Å². The summed E-state index contributed by atoms with van der Waals surface area (Å²) in [4.78, 5) is 12.5. The maximum Gasteiger partial charge on any atom is 0.317 e. The fourth-order valence-electron chi connectivity index (χ4n) is 1.84. The van der Waals surface area contributed by atoms with Crippen LogP contribution in [0.5, 0.6) is 0 Å². The van der Waals surface area contributed by atoms with E-state index in [-0.39, 0.29) is 12.0 Å². The lowest BCUT2D eigenvalue weighted by Gasteiger charge is -2.24. The number of carbonyl (C=O) groups is 1. The molecule has 1 aliphatic rings. The summed E-state index contributed by atoms with van der Waals surface area (Å²) < 4.78 is 4.95. The van der Waals surface area contributed by atoms with Crippen molar-refractivity contribution >= 4 is 5.97 Å². The zero-order valence-electron chi connectivity index (χ0n) is 9.61. The second kappa shape index (κ2) is 5.83. The van der Waals surface area contributed by atoms with E-state index in [0.29, 0.717) is 26.1 Å². The largest absolute Gasteiger partial charge is 0.480 e. The summed E-state index contributed by atoms with van der Waals surface area (Å²) in [6, 6.07) is 2.18. The Morgan fingerprint density at radius 1 is 1.62 bits per heavy atom. The summed E-state index contributed by atoms with van der Waals surface area (Å²) in [5.41, 5.74) is 0.0535. The van der Waals surface area contributed by atoms with Gasteiger partial charge in [-0.05, 0) is 18.3 Å². The summed E-state index contributed by atoms with van der Waals surface area (Å²) in [6.07, 6.45) is 2.59. The molecule has 5 nitrogen and oxygen atoms in total. The van der Waals surface area contributed by atoms with Crippen molar-refractivity contribution in [3.63, 3.8) is 0 Å². The minimum atomic E-state index is -0.830. The minimum absolute atomic E-state index is 0.0243. The average molecular weight is 226 g/mol. The molecule has 0 aromatic heterocycles. The van der Waals surface area contributed by atoms with Gasteiger partial charge in [0.25, 0.3) is 0 Å². The lowest BCUT2D eigenvalue weighted by atomic mass is 10.0. The second-order valence-corrected chi connectivity index (χ2v) is 4.43. The summed E-state index contributed by atoms with van der Waals surface area (Å²) in [6.45, 7) is 1.85. The summed E-state index contributed by atoms with van der Waals surface area (Å²) in [7, 11) is 1.60. The number of aliphatic carboxylic acids is 1. The van der Waals surface area contributed by atoms with Crippen molar-refractivity contribution in [2.75, 3.05) is 33.4 Å². The molecule has 90 valence electrons. The Balaban J connectivity index is 2.43. The predicted octanol–water partition coefficient (Wildman–Crippen LogP) is 0.713. The molecule has 1 saturated carbocycles. The highest BCUT2D eigenvalue weighted by Crippen LogP contribution is 2.49. The first-order valence-corrected chi connectivity index (χ1v) is 5.42. The molecule has 1 aliphatic carbocycles. The highest BCUT2D eigenvalue weighted by molar-refractivity contribution is 5.69. The van der Waals surface area contributed by atoms with Gasteiger partial charge in [-0.1, -0.05) is 0 Å². The molecule has 0 unspecified atom stereocenters. The predicted molar refractivity (Wildman–Crippen MR) is 57.8 cm³/mol. The van der Waals surface area contributed by atoms with Crippen molar-refractivity contribution < 1.29 is 14.6 Å². The highest BCUT2D eigenvalue weighted by Gasteiger charge is 2.43. The van der Waals surface area contributed by atoms with Crippen LogP contribution in [0.15, 0.2) is 0 Å². The van der Waals surface area contributed by atoms with E-state index >= 15 is 0 Å². The first kappa shape index (κ1) is 12.9. The van der Waals surface area contributed by atoms with Crippen LogP contribution in [0, 0.1) is 16.7 Å². The molecule has 0 heterocycles. The van der Waals surface area contributed by atoms with E-state index in [1.807, 2.05) is 4.90 Å². The van der Waals surface area contributed by atoms with Gasteiger partial charge in [0.15, 0.2) is 0 Å². The van der Waals surface area contributed by atoms with Crippen molar-refractivity contribution in [1.82, 2.24) is 4.90 Å². The Bertz CT molecular complexity index is 281. The molecular formula is C11H18N2O3. The lowest BCUT2D eigenvalue weighted by molar-refractivity contribution is -0.138. The fourth-order valence-corrected chi connectivity index (χ4v) is 1.84. The number of hydrogen-bond acceptors (Lipinski definition) is 4. The zero-order valence-corrected chi connectivity index (χ0v) is 9.61. The Morgan fingerprint density at radius 3 is 2.75 bits per heavy atom. The SMILES string of the molecule is COCCN(CC(=O)O)CC1(CC#N)CC1. The number of rotatable bonds is 8. The zero-order chi connectivity index (χ0) is 12.0. The number of carboxylic acid groups (broad SMARTS) is 1. The van der Waals surface area contributed by atoms with Gasteiger partial charge in [-0.25, -0.2) is 0 Å². The lowest BCUT2D eigenvalue weighted by Crippen LogP contribution is -2.37. The van der Waals surface area contributed by atoms with Crippen LogP contribution in [0.1, 0.15) is 19.3 Å². The number of nitriles is 1. The van der Waals surface area contributed by atoms with Gasteiger partial charge in [-0.15, -0.1) is 0 Å². The first-order chi connectivity index (χ1) is 7.62. The third kappa shape index (κ3) is 4.17. The summed E-state index contributed by atoms with van der Waals surface area (Å²) in [5, 5.41) is 17.5. The van der Waals surface area contributed by atoms with E-state index < -0.39 is 5.97 Å². The number of nitrogens with zero attached hydrogens (tertiary/aromatic N) is 2. The Hall–Kier alpha value is -1.12. The van der Waals surface area contributed by atoms with Crippen molar-refractivity contribution in [3.8, 4) is 6.07 Å². The van der Waals surface area contributed by atoms with Gasteiger partial charge < -0.3 is 9.84 Å². The molecular weight excluding hydrogens is 208 g/mol. The third-order valence-electron chi connectivity index (χ3n) is 2.94. The average Bonchev–Trinajstić information content (AvgIpc) is 2.94. The van der Waals surface area contributed by atoms with Crippen LogP contribution in [0.3, 0.4) is 0 Å². The van der Waals surface area contributed by atoms with Crippen LogP contribution >= 0.6 is 0 Å². The monoisotopic (exact) mass is 226 g/mol. The standard InChI is InChI=1S/C11H18N2O3/c1-16-7-6-13(8-10(14)15)9-11(2-3-11)4-5-12/h2-4,6-9H2,1H3,(H,14,15). The molecule has 1 rings (SSSR count). The molecule has 0 spiro atoms. The van der Waals surface area contributed by atoms with Crippen LogP contribution in [0.2, 0.25) is 0 Å². The van der Waals surface area contributed by atoms with E-state index in [1.165, 1.54) is 0 Å². The van der Waals surface area contributed by atoms with Gasteiger partial charge in [0.05, 0.1) is 19.2 Å². The van der Waals surface area contributed by atoms with Gasteiger partial charge in [0.1, 0.15) is 0 Å². The van der Waals surface area contributed by atoms with Gasteiger partial charge in [-0.3, -0.25) is 9.69 Å². The molecule has 1 N–H and O–H groups in total. The Kier molecular flexibility index (Phi) is 4.71. The minimum Gasteiger partial charge on any atom is -0.480 e. The van der Waals surface area contributed by atoms with Crippen molar-refractivity contribution in [3.05, 3.63) is 0 Å². The quantitative estimate of drug-likeness (QED) is 0.660. The van der Waals surface area contributed by atoms with Gasteiger partial charge in [0, 0.05) is 26.6 Å². The topological polar surface area (TPSA) is 73.6 Å². The molecule has 0 aromatic rings. The van der Waals surface area contributed by atoms with E-state index in [9.17, 15) is 4.79 Å². The van der Waals surface area contributed by atoms with Crippen molar-refractivity contribution in [2.24, 2.45) is 5.41 Å². The van der Waals surface area contributed by atoms with E-state index in [4.69, 9.17) is 15.1 Å². The number of carboxylic acids is 1. The second-order valence-electron chi connectivity index (χ2n) is 4.43. The number of ether oxygens (including phenoxy) is 1. The third-order valence-corrected chi connectivity index (χ3v) is 2.94. The molecule has 0 amide bonds. The molecule has 0 aromatic carbocycles. The molecule has 0 aliphatic heterocycles. The van der Waals surface area contributed by atoms with Crippen LogP contribution in [-0.2, 0) is 9.53 Å². The summed E-state index contributed by atoms with van der Waals surface area (Å²) in [5.74, 6) is -0.830. The number of hydrogen-bond donors (Lipinski definition) is 1. The van der Waals surface area contributed by atoms with Crippen molar-refractivity contribution in [2.45, 2.75) is 19.3 Å². The number of methoxy groups -OCH3 is 1. The maximum atomic E-state index is 10.7. The van der Waals surface area contributed by atoms with Gasteiger partial charge in [0.2, 0.25) is 0 Å². The van der Waals surface area contributed by atoms with E-state index in [2.05, 4.69) is 6.07 Å². The maximum absolute atomic E-state index is 10.7. The van der Waals surface area contributed by atoms with Crippen LogP contribution in [0.4, 0.5) is 0 Å². The molecule has 1 fully saturated rings. The smallest absolute Gasteiger partial charge is 0.317 e. The van der Waals surface area contributed by atoms with Gasteiger partial charge >= 0.3 is 5.97 Å². The van der Waals surface area contributed by atoms with E-state index in [0.717, 1.165) is 12.8 Å². The van der Waals surface area contributed by atoms with Gasteiger partial charge in [-0.2, -0.15) is 5.26 Å². The molecule has 0 saturated heterocycles.